The Morgan fingerprint density at radius 1 is 1.39 bits per heavy atom. The van der Waals surface area contributed by atoms with E-state index in [0.717, 1.165) is 0 Å². The van der Waals surface area contributed by atoms with Crippen molar-refractivity contribution in [1.82, 2.24) is 4.90 Å². The van der Waals surface area contributed by atoms with Gasteiger partial charge in [0.15, 0.2) is 0 Å². The minimum Gasteiger partial charge on any atom is -0.465 e. The van der Waals surface area contributed by atoms with Gasteiger partial charge in [-0.25, -0.2) is 4.79 Å². The summed E-state index contributed by atoms with van der Waals surface area (Å²) in [6, 6.07) is -0.499. The summed E-state index contributed by atoms with van der Waals surface area (Å²) >= 11 is 0. The number of esters is 1. The molecule has 1 aliphatic heterocycles. The summed E-state index contributed by atoms with van der Waals surface area (Å²) in [6.45, 7) is 5.53. The fourth-order valence-corrected chi connectivity index (χ4v) is 2.05. The van der Waals surface area contributed by atoms with E-state index in [1.807, 2.05) is 0 Å². The van der Waals surface area contributed by atoms with Gasteiger partial charge in [-0.1, -0.05) is 0 Å². The number of carbonyl (C=O) groups excluding carboxylic acids is 1. The summed E-state index contributed by atoms with van der Waals surface area (Å²) in [5.74, 6) is -0.437. The van der Waals surface area contributed by atoms with Crippen LogP contribution in [-0.2, 0) is 9.53 Å². The lowest BCUT2D eigenvalue weighted by Gasteiger charge is -2.35. The van der Waals surface area contributed by atoms with Gasteiger partial charge in [0.25, 0.3) is 0 Å². The number of carbonyl (C=O) groups is 2. The molecule has 0 unspecified atom stereocenters. The zero-order valence-corrected chi connectivity index (χ0v) is 11.0. The molecule has 104 valence electrons. The molecule has 1 saturated heterocycles. The van der Waals surface area contributed by atoms with Crippen molar-refractivity contribution in [2.75, 3.05) is 6.54 Å². The first kappa shape index (κ1) is 14.8. The first-order valence-electron chi connectivity index (χ1n) is 6.08. The highest BCUT2D eigenvalue weighted by atomic mass is 16.6. The van der Waals surface area contributed by atoms with Crippen LogP contribution in [0.15, 0.2) is 0 Å². The molecule has 18 heavy (non-hydrogen) atoms. The van der Waals surface area contributed by atoms with E-state index in [-0.39, 0.29) is 19.4 Å². The highest BCUT2D eigenvalue weighted by Crippen LogP contribution is 2.21. The fourth-order valence-electron chi connectivity index (χ4n) is 2.05. The topological polar surface area (TPSA) is 87.1 Å². The van der Waals surface area contributed by atoms with E-state index in [1.165, 1.54) is 4.90 Å². The number of ether oxygens (including phenoxy) is 1. The van der Waals surface area contributed by atoms with Crippen LogP contribution in [0.2, 0.25) is 0 Å². The SMILES string of the molecule is CC(C)(C)OC(=O)C[C@@H]1C[C@H](O)CCN1C(=O)O. The number of carboxylic acid groups (broad SMARTS) is 1. The molecule has 0 aliphatic carbocycles. The molecule has 0 bridgehead atoms. The summed E-state index contributed by atoms with van der Waals surface area (Å²) in [5, 5.41) is 18.6. The van der Waals surface area contributed by atoms with E-state index in [4.69, 9.17) is 9.84 Å². The quantitative estimate of drug-likeness (QED) is 0.728. The molecule has 0 aromatic heterocycles. The number of hydrogen-bond donors (Lipinski definition) is 2. The second kappa shape index (κ2) is 5.56. The summed E-state index contributed by atoms with van der Waals surface area (Å²) < 4.78 is 5.16. The smallest absolute Gasteiger partial charge is 0.407 e. The first-order chi connectivity index (χ1) is 8.19. The Kier molecular flexibility index (Phi) is 4.56. The van der Waals surface area contributed by atoms with Crippen LogP contribution in [0.4, 0.5) is 4.79 Å². The molecule has 1 heterocycles. The molecule has 0 radical (unpaired) electrons. The van der Waals surface area contributed by atoms with Crippen LogP contribution in [0.25, 0.3) is 0 Å². The van der Waals surface area contributed by atoms with Gasteiger partial charge in [-0.15, -0.1) is 0 Å². The molecule has 1 amide bonds. The first-order valence-corrected chi connectivity index (χ1v) is 6.08. The van der Waals surface area contributed by atoms with Crippen LogP contribution in [0.5, 0.6) is 0 Å². The number of likely N-dealkylation sites (tertiary alicyclic amines) is 1. The van der Waals surface area contributed by atoms with Gasteiger partial charge in [-0.2, -0.15) is 0 Å². The van der Waals surface area contributed by atoms with Crippen molar-refractivity contribution in [3.05, 3.63) is 0 Å². The Morgan fingerprint density at radius 2 is 2.00 bits per heavy atom. The van der Waals surface area contributed by atoms with E-state index < -0.39 is 29.8 Å². The molecule has 0 saturated carbocycles. The van der Waals surface area contributed by atoms with Gasteiger partial charge in [0.2, 0.25) is 0 Å². The summed E-state index contributed by atoms with van der Waals surface area (Å²) in [6.07, 6.45) is -0.924. The molecule has 2 N–H and O–H groups in total. The minimum atomic E-state index is -1.06. The molecule has 0 aromatic carbocycles. The van der Waals surface area contributed by atoms with Crippen LogP contribution in [-0.4, -0.2) is 51.5 Å². The summed E-state index contributed by atoms with van der Waals surface area (Å²) in [7, 11) is 0. The Balaban J connectivity index is 2.61. The van der Waals surface area contributed by atoms with E-state index in [1.54, 1.807) is 20.8 Å². The third kappa shape index (κ3) is 4.52. The van der Waals surface area contributed by atoms with Crippen LogP contribution < -0.4 is 0 Å². The summed E-state index contributed by atoms with van der Waals surface area (Å²) in [4.78, 5) is 23.9. The highest BCUT2D eigenvalue weighted by molar-refractivity contribution is 5.72. The lowest BCUT2D eigenvalue weighted by Crippen LogP contribution is -2.48. The maximum absolute atomic E-state index is 11.7. The van der Waals surface area contributed by atoms with Crippen LogP contribution >= 0.6 is 0 Å². The van der Waals surface area contributed by atoms with Gasteiger partial charge in [-0.05, 0) is 33.6 Å². The van der Waals surface area contributed by atoms with Gasteiger partial charge in [0.05, 0.1) is 12.5 Å². The predicted octanol–water partition coefficient (Wildman–Crippen LogP) is 1.22. The molecule has 1 rings (SSSR count). The third-order valence-electron chi connectivity index (χ3n) is 2.76. The number of aliphatic hydroxyl groups excluding tert-OH is 1. The lowest BCUT2D eigenvalue weighted by molar-refractivity contribution is -0.156. The van der Waals surface area contributed by atoms with Gasteiger partial charge >= 0.3 is 12.1 Å². The zero-order chi connectivity index (χ0) is 13.9. The lowest BCUT2D eigenvalue weighted by atomic mass is 9.97. The van der Waals surface area contributed by atoms with Gasteiger partial charge in [0.1, 0.15) is 5.60 Å². The van der Waals surface area contributed by atoms with Gasteiger partial charge in [-0.3, -0.25) is 4.79 Å². The van der Waals surface area contributed by atoms with E-state index in [0.29, 0.717) is 6.42 Å². The molecular formula is C12H21NO5. The average molecular weight is 259 g/mol. The molecule has 6 heteroatoms. The highest BCUT2D eigenvalue weighted by Gasteiger charge is 2.33. The number of aliphatic hydroxyl groups is 1. The van der Waals surface area contributed by atoms with E-state index >= 15 is 0 Å². The molecule has 0 spiro atoms. The van der Waals surface area contributed by atoms with Crippen molar-refractivity contribution in [2.24, 2.45) is 0 Å². The van der Waals surface area contributed by atoms with Crippen molar-refractivity contribution < 1.29 is 24.5 Å². The number of piperidine rings is 1. The monoisotopic (exact) mass is 259 g/mol. The molecule has 1 fully saturated rings. The average Bonchev–Trinajstić information content (AvgIpc) is 2.13. The fraction of sp³-hybridized carbons (Fsp3) is 0.833. The Morgan fingerprint density at radius 3 is 2.50 bits per heavy atom. The number of amides is 1. The normalized spacial score (nSPS) is 24.8. The second-order valence-corrected chi connectivity index (χ2v) is 5.60. The van der Waals surface area contributed by atoms with Crippen LogP contribution in [0, 0.1) is 0 Å². The van der Waals surface area contributed by atoms with Crippen molar-refractivity contribution in [3.63, 3.8) is 0 Å². The number of rotatable bonds is 2. The Hall–Kier alpha value is -1.30. The van der Waals surface area contributed by atoms with E-state index in [9.17, 15) is 14.7 Å². The largest absolute Gasteiger partial charge is 0.465 e. The van der Waals surface area contributed by atoms with Crippen molar-refractivity contribution in [1.29, 1.82) is 0 Å². The number of hydrogen-bond acceptors (Lipinski definition) is 4. The van der Waals surface area contributed by atoms with Gasteiger partial charge in [0, 0.05) is 12.6 Å². The minimum absolute atomic E-state index is 0.0133. The van der Waals surface area contributed by atoms with Crippen molar-refractivity contribution in [3.8, 4) is 0 Å². The molecule has 6 nitrogen and oxygen atoms in total. The Bertz CT molecular complexity index is 323. The Labute approximate surface area is 107 Å². The molecule has 0 aromatic rings. The molecule has 1 aliphatic rings. The van der Waals surface area contributed by atoms with Crippen LogP contribution in [0.1, 0.15) is 40.0 Å². The van der Waals surface area contributed by atoms with Crippen LogP contribution in [0.3, 0.4) is 0 Å². The van der Waals surface area contributed by atoms with Crippen molar-refractivity contribution in [2.45, 2.75) is 57.8 Å². The molecular weight excluding hydrogens is 238 g/mol. The predicted molar refractivity (Wildman–Crippen MR) is 64.2 cm³/mol. The van der Waals surface area contributed by atoms with Crippen molar-refractivity contribution >= 4 is 12.1 Å². The maximum Gasteiger partial charge on any atom is 0.407 e. The second-order valence-electron chi connectivity index (χ2n) is 5.60. The van der Waals surface area contributed by atoms with E-state index in [2.05, 4.69) is 0 Å². The third-order valence-corrected chi connectivity index (χ3v) is 2.76. The standard InChI is InChI=1S/C12H21NO5/c1-12(2,3)18-10(15)7-8-6-9(14)4-5-13(8)11(16)17/h8-9,14H,4-7H2,1-3H3,(H,16,17)/t8-,9+/m0/s1. The summed E-state index contributed by atoms with van der Waals surface area (Å²) in [5.41, 5.74) is -0.585. The zero-order valence-electron chi connectivity index (χ0n) is 11.0. The maximum atomic E-state index is 11.7. The molecule has 2 atom stereocenters. The number of nitrogens with zero attached hydrogens (tertiary/aromatic N) is 1. The van der Waals surface area contributed by atoms with Gasteiger partial charge < -0.3 is 19.8 Å².